The Morgan fingerprint density at radius 3 is 2.86 bits per heavy atom. The van der Waals surface area contributed by atoms with Crippen LogP contribution in [0.25, 0.3) is 0 Å². The van der Waals surface area contributed by atoms with Crippen LogP contribution >= 0.6 is 0 Å². The molecule has 1 aromatic carbocycles. The molecule has 1 aliphatic rings. The van der Waals surface area contributed by atoms with Gasteiger partial charge in [-0.3, -0.25) is 0 Å². The molecule has 1 saturated heterocycles. The fraction of sp³-hybridized carbons (Fsp3) is 0.500. The smallest absolute Gasteiger partial charge is 0.340 e. The molecule has 1 heterocycles. The summed E-state index contributed by atoms with van der Waals surface area (Å²) in [4.78, 5) is 11.6. The minimum absolute atomic E-state index is 0.0376. The van der Waals surface area contributed by atoms with Crippen LogP contribution in [0.5, 0.6) is 0 Å². The lowest BCUT2D eigenvalue weighted by atomic mass is 10.0. The molecule has 7 heteroatoms. The first-order valence-corrected chi connectivity index (χ1v) is 6.55. The van der Waals surface area contributed by atoms with Gasteiger partial charge in [0.1, 0.15) is 11.4 Å². The predicted octanol–water partition coefficient (Wildman–Crippen LogP) is 1.41. The molecule has 1 aliphatic heterocycles. The lowest BCUT2D eigenvalue weighted by molar-refractivity contribution is -0.00623. The number of esters is 1. The molecule has 0 bridgehead atoms. The van der Waals surface area contributed by atoms with Gasteiger partial charge in [0.15, 0.2) is 0 Å². The van der Waals surface area contributed by atoms with Gasteiger partial charge in [0.2, 0.25) is 0 Å². The van der Waals surface area contributed by atoms with Gasteiger partial charge in [-0.25, -0.2) is 9.18 Å². The van der Waals surface area contributed by atoms with E-state index in [4.69, 9.17) is 15.2 Å². The summed E-state index contributed by atoms with van der Waals surface area (Å²) in [5.41, 5.74) is 5.47. The number of halogens is 1. The first kappa shape index (κ1) is 15.5. The SMILES string of the molecule is COC(=O)c1cc(NCC2(OC)CCOC2)c(F)cc1N. The molecule has 21 heavy (non-hydrogen) atoms. The van der Waals surface area contributed by atoms with E-state index in [0.717, 1.165) is 12.5 Å². The summed E-state index contributed by atoms with van der Waals surface area (Å²) >= 11 is 0. The van der Waals surface area contributed by atoms with Gasteiger partial charge < -0.3 is 25.3 Å². The monoisotopic (exact) mass is 298 g/mol. The molecule has 0 aromatic heterocycles. The summed E-state index contributed by atoms with van der Waals surface area (Å²) in [6.07, 6.45) is 0.719. The number of rotatable bonds is 5. The highest BCUT2D eigenvalue weighted by molar-refractivity contribution is 5.96. The zero-order valence-corrected chi connectivity index (χ0v) is 12.1. The fourth-order valence-corrected chi connectivity index (χ4v) is 2.23. The van der Waals surface area contributed by atoms with Crippen LogP contribution in [-0.2, 0) is 14.2 Å². The minimum atomic E-state index is -0.610. The van der Waals surface area contributed by atoms with Crippen LogP contribution in [0.4, 0.5) is 15.8 Å². The average Bonchev–Trinajstić information content (AvgIpc) is 2.95. The molecule has 1 atom stereocenters. The summed E-state index contributed by atoms with van der Waals surface area (Å²) in [7, 11) is 2.84. The Balaban J connectivity index is 2.18. The number of anilines is 2. The number of carbonyl (C=O) groups excluding carboxylic acids is 1. The zero-order chi connectivity index (χ0) is 15.5. The quantitative estimate of drug-likeness (QED) is 0.632. The molecular weight excluding hydrogens is 279 g/mol. The number of hydrogen-bond donors (Lipinski definition) is 2. The van der Waals surface area contributed by atoms with Crippen molar-refractivity contribution < 1.29 is 23.4 Å². The number of nitrogen functional groups attached to an aromatic ring is 1. The van der Waals surface area contributed by atoms with E-state index in [0.29, 0.717) is 19.8 Å². The van der Waals surface area contributed by atoms with Crippen molar-refractivity contribution in [2.45, 2.75) is 12.0 Å². The lowest BCUT2D eigenvalue weighted by Crippen LogP contribution is -2.39. The van der Waals surface area contributed by atoms with E-state index in [1.54, 1.807) is 7.11 Å². The maximum absolute atomic E-state index is 13.9. The van der Waals surface area contributed by atoms with Crippen molar-refractivity contribution in [1.82, 2.24) is 0 Å². The van der Waals surface area contributed by atoms with Crippen molar-refractivity contribution in [3.05, 3.63) is 23.5 Å². The van der Waals surface area contributed by atoms with E-state index in [-0.39, 0.29) is 16.9 Å². The molecule has 6 nitrogen and oxygen atoms in total. The van der Waals surface area contributed by atoms with Crippen LogP contribution < -0.4 is 11.1 Å². The van der Waals surface area contributed by atoms with Gasteiger partial charge in [-0.15, -0.1) is 0 Å². The Morgan fingerprint density at radius 2 is 2.29 bits per heavy atom. The van der Waals surface area contributed by atoms with Gasteiger partial charge in [-0.2, -0.15) is 0 Å². The van der Waals surface area contributed by atoms with Crippen LogP contribution in [0, 0.1) is 5.82 Å². The second-order valence-electron chi connectivity index (χ2n) is 4.95. The van der Waals surface area contributed by atoms with Crippen molar-refractivity contribution >= 4 is 17.3 Å². The topological polar surface area (TPSA) is 82.8 Å². The molecule has 2 rings (SSSR count). The summed E-state index contributed by atoms with van der Waals surface area (Å²) in [5, 5.41) is 2.95. The summed E-state index contributed by atoms with van der Waals surface area (Å²) in [6, 6.07) is 2.44. The second-order valence-corrected chi connectivity index (χ2v) is 4.95. The Kier molecular flexibility index (Phi) is 4.64. The Labute approximate surface area is 122 Å². The lowest BCUT2D eigenvalue weighted by Gasteiger charge is -2.26. The summed E-state index contributed by atoms with van der Waals surface area (Å²) in [5.74, 6) is -1.15. The molecule has 0 saturated carbocycles. The molecule has 0 aliphatic carbocycles. The third-order valence-corrected chi connectivity index (χ3v) is 3.65. The summed E-state index contributed by atoms with van der Waals surface area (Å²) < 4.78 is 29.3. The van der Waals surface area contributed by atoms with Gasteiger partial charge >= 0.3 is 5.97 Å². The van der Waals surface area contributed by atoms with Crippen molar-refractivity contribution in [2.75, 3.05) is 45.0 Å². The van der Waals surface area contributed by atoms with Gasteiger partial charge in [0.25, 0.3) is 0 Å². The molecule has 1 fully saturated rings. The van der Waals surface area contributed by atoms with Crippen molar-refractivity contribution in [3.63, 3.8) is 0 Å². The van der Waals surface area contributed by atoms with Crippen LogP contribution in [0.15, 0.2) is 12.1 Å². The predicted molar refractivity (Wildman–Crippen MR) is 75.8 cm³/mol. The van der Waals surface area contributed by atoms with Gasteiger partial charge in [0, 0.05) is 32.4 Å². The third-order valence-electron chi connectivity index (χ3n) is 3.65. The van der Waals surface area contributed by atoms with E-state index in [1.807, 2.05) is 0 Å². The van der Waals surface area contributed by atoms with E-state index in [2.05, 4.69) is 10.1 Å². The van der Waals surface area contributed by atoms with E-state index < -0.39 is 17.4 Å². The molecule has 116 valence electrons. The average molecular weight is 298 g/mol. The zero-order valence-electron chi connectivity index (χ0n) is 12.1. The number of carbonyl (C=O) groups is 1. The van der Waals surface area contributed by atoms with Crippen molar-refractivity contribution in [1.29, 1.82) is 0 Å². The van der Waals surface area contributed by atoms with E-state index in [1.165, 1.54) is 13.2 Å². The normalized spacial score (nSPS) is 21.3. The highest BCUT2D eigenvalue weighted by atomic mass is 19.1. The van der Waals surface area contributed by atoms with Crippen LogP contribution in [0.3, 0.4) is 0 Å². The highest BCUT2D eigenvalue weighted by Crippen LogP contribution is 2.26. The molecule has 1 unspecified atom stereocenters. The van der Waals surface area contributed by atoms with Crippen LogP contribution in [-0.4, -0.2) is 45.5 Å². The highest BCUT2D eigenvalue weighted by Gasteiger charge is 2.35. The fourth-order valence-electron chi connectivity index (χ4n) is 2.23. The second kappa shape index (κ2) is 6.28. The Bertz CT molecular complexity index is 530. The first-order valence-electron chi connectivity index (χ1n) is 6.55. The number of benzene rings is 1. The van der Waals surface area contributed by atoms with Crippen LogP contribution in [0.2, 0.25) is 0 Å². The van der Waals surface area contributed by atoms with Crippen LogP contribution in [0.1, 0.15) is 16.8 Å². The van der Waals surface area contributed by atoms with Gasteiger partial charge in [-0.05, 0) is 12.1 Å². The molecule has 0 radical (unpaired) electrons. The number of hydrogen-bond acceptors (Lipinski definition) is 6. The maximum Gasteiger partial charge on any atom is 0.340 e. The van der Waals surface area contributed by atoms with E-state index >= 15 is 0 Å². The summed E-state index contributed by atoms with van der Waals surface area (Å²) in [6.45, 7) is 1.41. The standard InChI is InChI=1S/C14H19FN2O4/c1-19-13(18)9-5-12(10(15)6-11(9)16)17-7-14(20-2)3-4-21-8-14/h5-6,17H,3-4,7-8,16H2,1-2H3. The molecule has 0 spiro atoms. The third kappa shape index (κ3) is 3.25. The van der Waals surface area contributed by atoms with Gasteiger partial charge in [0.05, 0.1) is 25.0 Å². The van der Waals surface area contributed by atoms with Gasteiger partial charge in [-0.1, -0.05) is 0 Å². The van der Waals surface area contributed by atoms with Crippen molar-refractivity contribution in [3.8, 4) is 0 Å². The molecule has 1 aromatic rings. The number of methoxy groups -OCH3 is 2. The van der Waals surface area contributed by atoms with Crippen molar-refractivity contribution in [2.24, 2.45) is 0 Å². The first-order chi connectivity index (χ1) is 10.0. The minimum Gasteiger partial charge on any atom is -0.465 e. The molecule has 0 amide bonds. The number of ether oxygens (including phenoxy) is 3. The molecule has 3 N–H and O–H groups in total. The Hall–Kier alpha value is -1.86. The largest absolute Gasteiger partial charge is 0.465 e. The Morgan fingerprint density at radius 1 is 1.52 bits per heavy atom. The maximum atomic E-state index is 13.9. The molecular formula is C14H19FN2O4. The van der Waals surface area contributed by atoms with E-state index in [9.17, 15) is 9.18 Å². The number of nitrogens with one attached hydrogen (secondary N) is 1. The number of nitrogens with two attached hydrogens (primary N) is 1.